The molecule has 0 aliphatic rings. The fourth-order valence-corrected chi connectivity index (χ4v) is 1.90. The number of rotatable bonds is 6. The van der Waals surface area contributed by atoms with Crippen LogP contribution in [0.5, 0.6) is 11.5 Å². The Balaban J connectivity index is 2.18. The fourth-order valence-electron chi connectivity index (χ4n) is 1.78. The zero-order valence-electron chi connectivity index (χ0n) is 12.7. The molecule has 6 heteroatoms. The molecule has 0 spiro atoms. The average Bonchev–Trinajstić information content (AvgIpc) is 2.55. The molecule has 2 aromatic rings. The van der Waals surface area contributed by atoms with Gasteiger partial charge in [0.25, 0.3) is 0 Å². The number of nitrogens with zero attached hydrogens (tertiary/aromatic N) is 1. The first-order valence-corrected chi connectivity index (χ1v) is 7.24. The molecule has 0 saturated carbocycles. The lowest BCUT2D eigenvalue weighted by atomic mass is 10.2. The SMILES string of the molecule is COc1cc(C=Nc2ccc(Cl)cc2)ccc1O[C@H](C)C(=O)O. The van der Waals surface area contributed by atoms with Crippen LogP contribution >= 0.6 is 11.6 Å². The molecule has 0 radical (unpaired) electrons. The first kappa shape index (κ1) is 16.8. The number of methoxy groups -OCH3 is 1. The fraction of sp³-hybridized carbons (Fsp3) is 0.176. The third-order valence-electron chi connectivity index (χ3n) is 3.03. The molecule has 0 bridgehead atoms. The van der Waals surface area contributed by atoms with Crippen molar-refractivity contribution in [2.45, 2.75) is 13.0 Å². The molecule has 0 saturated heterocycles. The molecule has 5 nitrogen and oxygen atoms in total. The number of carboxylic acids is 1. The average molecular weight is 334 g/mol. The third-order valence-corrected chi connectivity index (χ3v) is 3.28. The van der Waals surface area contributed by atoms with E-state index in [0.717, 1.165) is 11.3 Å². The Hall–Kier alpha value is -2.53. The summed E-state index contributed by atoms with van der Waals surface area (Å²) < 4.78 is 10.6. The zero-order chi connectivity index (χ0) is 16.8. The Morgan fingerprint density at radius 2 is 1.91 bits per heavy atom. The molecular weight excluding hydrogens is 318 g/mol. The van der Waals surface area contributed by atoms with Gasteiger partial charge >= 0.3 is 5.97 Å². The summed E-state index contributed by atoms with van der Waals surface area (Å²) in [5, 5.41) is 9.55. The van der Waals surface area contributed by atoms with E-state index in [1.165, 1.54) is 14.0 Å². The van der Waals surface area contributed by atoms with E-state index in [4.69, 9.17) is 26.2 Å². The van der Waals surface area contributed by atoms with Gasteiger partial charge in [0.2, 0.25) is 0 Å². The summed E-state index contributed by atoms with van der Waals surface area (Å²) in [5.74, 6) is -0.232. The molecule has 0 aliphatic heterocycles. The number of aliphatic imine (C=N–C) groups is 1. The molecule has 0 unspecified atom stereocenters. The van der Waals surface area contributed by atoms with E-state index in [1.54, 1.807) is 36.5 Å². The smallest absolute Gasteiger partial charge is 0.344 e. The van der Waals surface area contributed by atoms with Gasteiger partial charge in [-0.05, 0) is 55.0 Å². The monoisotopic (exact) mass is 333 g/mol. The van der Waals surface area contributed by atoms with Crippen LogP contribution in [-0.2, 0) is 4.79 Å². The Bertz CT molecular complexity index is 713. The molecule has 2 rings (SSSR count). The second-order valence-corrected chi connectivity index (χ2v) is 5.18. The Labute approximate surface area is 139 Å². The lowest BCUT2D eigenvalue weighted by molar-refractivity contribution is -0.144. The predicted molar refractivity (Wildman–Crippen MR) is 89.4 cm³/mol. The van der Waals surface area contributed by atoms with Crippen molar-refractivity contribution in [1.29, 1.82) is 0 Å². The highest BCUT2D eigenvalue weighted by Gasteiger charge is 2.15. The van der Waals surface area contributed by atoms with Gasteiger partial charge in [0, 0.05) is 11.2 Å². The highest BCUT2D eigenvalue weighted by molar-refractivity contribution is 6.30. The van der Waals surface area contributed by atoms with E-state index in [2.05, 4.69) is 4.99 Å². The van der Waals surface area contributed by atoms with Gasteiger partial charge in [0.15, 0.2) is 17.6 Å². The van der Waals surface area contributed by atoms with Crippen LogP contribution in [0.1, 0.15) is 12.5 Å². The van der Waals surface area contributed by atoms with Gasteiger partial charge in [-0.25, -0.2) is 4.79 Å². The van der Waals surface area contributed by atoms with Gasteiger partial charge in [-0.1, -0.05) is 11.6 Å². The molecule has 120 valence electrons. The van der Waals surface area contributed by atoms with E-state index in [9.17, 15) is 4.79 Å². The van der Waals surface area contributed by atoms with E-state index < -0.39 is 12.1 Å². The zero-order valence-corrected chi connectivity index (χ0v) is 13.4. The minimum absolute atomic E-state index is 0.367. The molecule has 0 amide bonds. The summed E-state index contributed by atoms with van der Waals surface area (Å²) in [4.78, 5) is 15.2. The van der Waals surface area contributed by atoms with Gasteiger partial charge in [0.05, 0.1) is 12.8 Å². The van der Waals surface area contributed by atoms with E-state index in [-0.39, 0.29) is 0 Å². The number of halogens is 1. The van der Waals surface area contributed by atoms with Crippen LogP contribution in [0.3, 0.4) is 0 Å². The lowest BCUT2D eigenvalue weighted by Gasteiger charge is -2.14. The Morgan fingerprint density at radius 3 is 2.52 bits per heavy atom. The minimum Gasteiger partial charge on any atom is -0.493 e. The first-order chi connectivity index (χ1) is 11.0. The van der Waals surface area contributed by atoms with E-state index >= 15 is 0 Å². The molecule has 2 aromatic carbocycles. The minimum atomic E-state index is -1.04. The number of hydrogen-bond acceptors (Lipinski definition) is 4. The number of ether oxygens (including phenoxy) is 2. The van der Waals surface area contributed by atoms with Crippen LogP contribution in [-0.4, -0.2) is 30.5 Å². The molecule has 0 heterocycles. The molecule has 0 aliphatic carbocycles. The normalized spacial score (nSPS) is 12.1. The van der Waals surface area contributed by atoms with Crippen molar-refractivity contribution in [3.8, 4) is 11.5 Å². The van der Waals surface area contributed by atoms with Gasteiger partial charge < -0.3 is 14.6 Å². The van der Waals surface area contributed by atoms with Crippen LogP contribution in [0.15, 0.2) is 47.5 Å². The number of carboxylic acid groups (broad SMARTS) is 1. The third kappa shape index (κ3) is 4.72. The van der Waals surface area contributed by atoms with Crippen LogP contribution in [0.2, 0.25) is 5.02 Å². The van der Waals surface area contributed by atoms with Crippen molar-refractivity contribution in [2.75, 3.05) is 7.11 Å². The van der Waals surface area contributed by atoms with Crippen molar-refractivity contribution >= 4 is 29.5 Å². The van der Waals surface area contributed by atoms with Crippen molar-refractivity contribution < 1.29 is 19.4 Å². The summed E-state index contributed by atoms with van der Waals surface area (Å²) >= 11 is 5.83. The van der Waals surface area contributed by atoms with Crippen molar-refractivity contribution in [3.63, 3.8) is 0 Å². The van der Waals surface area contributed by atoms with Gasteiger partial charge in [-0.3, -0.25) is 4.99 Å². The number of carbonyl (C=O) groups is 1. The Morgan fingerprint density at radius 1 is 1.22 bits per heavy atom. The number of benzene rings is 2. The summed E-state index contributed by atoms with van der Waals surface area (Å²) in [6.07, 6.45) is 0.716. The molecule has 1 atom stereocenters. The quantitative estimate of drug-likeness (QED) is 0.813. The highest BCUT2D eigenvalue weighted by Crippen LogP contribution is 2.28. The standard InChI is InChI=1S/C17H16ClNO4/c1-11(17(20)21)23-15-8-3-12(9-16(15)22-2)10-19-14-6-4-13(18)5-7-14/h3-11H,1-2H3,(H,20,21)/t11-/m1/s1. The maximum atomic E-state index is 10.9. The molecule has 0 fully saturated rings. The predicted octanol–water partition coefficient (Wildman–Crippen LogP) is 3.95. The van der Waals surface area contributed by atoms with Gasteiger partial charge in [-0.2, -0.15) is 0 Å². The maximum Gasteiger partial charge on any atom is 0.344 e. The summed E-state index contributed by atoms with van der Waals surface area (Å²) in [6.45, 7) is 1.46. The van der Waals surface area contributed by atoms with Crippen molar-refractivity contribution in [3.05, 3.63) is 53.1 Å². The van der Waals surface area contributed by atoms with E-state index in [1.807, 2.05) is 12.1 Å². The molecule has 1 N–H and O–H groups in total. The van der Waals surface area contributed by atoms with Crippen LogP contribution in [0.4, 0.5) is 5.69 Å². The number of hydrogen-bond donors (Lipinski definition) is 1. The highest BCUT2D eigenvalue weighted by atomic mass is 35.5. The molecule has 0 aromatic heterocycles. The topological polar surface area (TPSA) is 68.1 Å². The van der Waals surface area contributed by atoms with Crippen molar-refractivity contribution in [1.82, 2.24) is 0 Å². The van der Waals surface area contributed by atoms with Crippen LogP contribution in [0.25, 0.3) is 0 Å². The summed E-state index contributed by atoms with van der Waals surface area (Å²) in [7, 11) is 1.49. The first-order valence-electron chi connectivity index (χ1n) is 6.86. The number of aliphatic carboxylic acids is 1. The summed E-state index contributed by atoms with van der Waals surface area (Å²) in [5.41, 5.74) is 1.57. The van der Waals surface area contributed by atoms with Gasteiger partial charge in [0.1, 0.15) is 0 Å². The van der Waals surface area contributed by atoms with Crippen LogP contribution < -0.4 is 9.47 Å². The molecule has 23 heavy (non-hydrogen) atoms. The van der Waals surface area contributed by atoms with Gasteiger partial charge in [-0.15, -0.1) is 0 Å². The molecular formula is C17H16ClNO4. The lowest BCUT2D eigenvalue weighted by Crippen LogP contribution is -2.23. The van der Waals surface area contributed by atoms with Crippen LogP contribution in [0, 0.1) is 0 Å². The maximum absolute atomic E-state index is 10.9. The Kier molecular flexibility index (Phi) is 5.60. The second kappa shape index (κ2) is 7.65. The summed E-state index contributed by atoms with van der Waals surface area (Å²) in [6, 6.07) is 12.3. The second-order valence-electron chi connectivity index (χ2n) is 4.74. The largest absolute Gasteiger partial charge is 0.493 e. The van der Waals surface area contributed by atoms with E-state index in [0.29, 0.717) is 16.5 Å². The van der Waals surface area contributed by atoms with Crippen molar-refractivity contribution in [2.24, 2.45) is 4.99 Å².